The monoisotopic (exact) mass is 352 g/mol. The van der Waals surface area contributed by atoms with E-state index in [0.717, 1.165) is 19.3 Å². The molecule has 1 aliphatic rings. The minimum atomic E-state index is -3.61. The molecule has 2 heterocycles. The number of likely N-dealkylation sites (N-methyl/N-ethyl adjacent to an activating group) is 1. The van der Waals surface area contributed by atoms with Gasteiger partial charge in [-0.1, -0.05) is 5.21 Å². The lowest BCUT2D eigenvalue weighted by Gasteiger charge is -2.26. The Labute approximate surface area is 121 Å². The highest BCUT2D eigenvalue weighted by Crippen LogP contribution is 2.22. The van der Waals surface area contributed by atoms with Crippen LogP contribution in [0.2, 0.25) is 0 Å². The van der Waals surface area contributed by atoms with Gasteiger partial charge in [0.15, 0.2) is 4.60 Å². The number of hydrogen-bond acceptors (Lipinski definition) is 5. The zero-order valence-electron chi connectivity index (χ0n) is 10.9. The van der Waals surface area contributed by atoms with Gasteiger partial charge >= 0.3 is 0 Å². The fourth-order valence-corrected chi connectivity index (χ4v) is 4.30. The molecule has 0 aromatic carbocycles. The van der Waals surface area contributed by atoms with Gasteiger partial charge in [-0.3, -0.25) is 0 Å². The number of ether oxygens (including phenoxy) is 1. The van der Waals surface area contributed by atoms with Gasteiger partial charge in [-0.25, -0.2) is 13.1 Å². The molecule has 1 fully saturated rings. The molecule has 108 valence electrons. The van der Waals surface area contributed by atoms with Gasteiger partial charge < -0.3 is 4.74 Å². The van der Waals surface area contributed by atoms with E-state index in [0.29, 0.717) is 13.2 Å². The lowest BCUT2D eigenvalue weighted by atomic mass is 10.1. The first-order valence-electron chi connectivity index (χ1n) is 6.06. The Balaban J connectivity index is 2.15. The smallest absolute Gasteiger partial charge is 0.262 e. The Bertz CT molecular complexity index is 519. The van der Waals surface area contributed by atoms with E-state index >= 15 is 0 Å². The van der Waals surface area contributed by atoms with Gasteiger partial charge in [0.25, 0.3) is 10.0 Å². The molecule has 7 nitrogen and oxygen atoms in total. The minimum absolute atomic E-state index is 0.0338. The Hall–Kier alpha value is -0.510. The molecule has 0 saturated carbocycles. The van der Waals surface area contributed by atoms with Crippen molar-refractivity contribution in [3.63, 3.8) is 0 Å². The second-order valence-electron chi connectivity index (χ2n) is 4.58. The van der Waals surface area contributed by atoms with Gasteiger partial charge in [0.05, 0.1) is 6.10 Å². The topological polar surface area (TPSA) is 77.3 Å². The average Bonchev–Trinajstić information content (AvgIpc) is 2.70. The summed E-state index contributed by atoms with van der Waals surface area (Å²) in [6.07, 6.45) is 2.98. The van der Waals surface area contributed by atoms with E-state index in [-0.39, 0.29) is 15.7 Å². The van der Waals surface area contributed by atoms with E-state index < -0.39 is 10.0 Å². The zero-order chi connectivity index (χ0) is 14.0. The molecule has 1 aromatic heterocycles. The van der Waals surface area contributed by atoms with Crippen molar-refractivity contribution in [2.75, 3.05) is 20.2 Å². The Morgan fingerprint density at radius 3 is 2.79 bits per heavy atom. The Morgan fingerprint density at radius 2 is 2.26 bits per heavy atom. The van der Waals surface area contributed by atoms with Crippen molar-refractivity contribution in [1.82, 2.24) is 19.3 Å². The number of halogens is 1. The molecule has 0 spiro atoms. The molecule has 1 aromatic rings. The van der Waals surface area contributed by atoms with Gasteiger partial charge in [0.1, 0.15) is 0 Å². The summed E-state index contributed by atoms with van der Waals surface area (Å²) >= 11 is 3.11. The summed E-state index contributed by atoms with van der Waals surface area (Å²) in [6, 6.07) is 0. The second-order valence-corrected chi connectivity index (χ2v) is 7.29. The number of rotatable bonds is 4. The highest BCUT2D eigenvalue weighted by atomic mass is 79.9. The predicted molar refractivity (Wildman–Crippen MR) is 72.1 cm³/mol. The Kier molecular flexibility index (Phi) is 4.59. The van der Waals surface area contributed by atoms with Crippen LogP contribution in [0.4, 0.5) is 0 Å². The third-order valence-electron chi connectivity index (χ3n) is 3.13. The molecule has 1 saturated heterocycles. The highest BCUT2D eigenvalue weighted by molar-refractivity contribution is 9.10. The van der Waals surface area contributed by atoms with E-state index in [1.807, 2.05) is 0 Å². The van der Waals surface area contributed by atoms with Crippen LogP contribution in [0.3, 0.4) is 0 Å². The van der Waals surface area contributed by atoms with Crippen molar-refractivity contribution < 1.29 is 13.2 Å². The van der Waals surface area contributed by atoms with Crippen molar-refractivity contribution >= 4 is 26.0 Å². The number of aromatic nitrogens is 3. The predicted octanol–water partition coefficient (Wildman–Crippen LogP) is 0.767. The molecular weight excluding hydrogens is 336 g/mol. The van der Waals surface area contributed by atoms with Gasteiger partial charge in [-0.2, -0.15) is 4.31 Å². The molecule has 1 atom stereocenters. The lowest BCUT2D eigenvalue weighted by Crippen LogP contribution is -2.37. The molecule has 0 amide bonds. The van der Waals surface area contributed by atoms with Crippen LogP contribution in [0.25, 0.3) is 0 Å². The number of aryl methyl sites for hydroxylation is 1. The summed E-state index contributed by atoms with van der Waals surface area (Å²) in [5, 5.41) is 7.46. The van der Waals surface area contributed by atoms with Crippen LogP contribution in [0.5, 0.6) is 0 Å². The van der Waals surface area contributed by atoms with Crippen molar-refractivity contribution in [1.29, 1.82) is 0 Å². The average molecular weight is 353 g/mol. The summed E-state index contributed by atoms with van der Waals surface area (Å²) in [7, 11) is -0.512. The summed E-state index contributed by atoms with van der Waals surface area (Å²) in [4.78, 5) is 0. The summed E-state index contributed by atoms with van der Waals surface area (Å²) in [5.41, 5.74) is 0. The van der Waals surface area contributed by atoms with E-state index in [1.54, 1.807) is 14.1 Å². The number of hydrogen-bond donors (Lipinski definition) is 0. The minimum Gasteiger partial charge on any atom is -0.377 e. The maximum Gasteiger partial charge on any atom is 0.262 e. The third-order valence-corrected chi connectivity index (χ3v) is 5.84. The third kappa shape index (κ3) is 3.15. The van der Waals surface area contributed by atoms with Crippen LogP contribution in [-0.4, -0.2) is 54.0 Å². The summed E-state index contributed by atoms with van der Waals surface area (Å²) < 4.78 is 33.2. The van der Waals surface area contributed by atoms with Crippen LogP contribution in [0, 0.1) is 0 Å². The SMILES string of the molecule is CN(CC1CCCCO1)S(=O)(=O)c1c(Br)nnn1C. The van der Waals surface area contributed by atoms with Crippen molar-refractivity contribution in [2.45, 2.75) is 30.4 Å². The molecule has 2 rings (SSSR count). The van der Waals surface area contributed by atoms with E-state index in [2.05, 4.69) is 26.2 Å². The molecule has 0 radical (unpaired) electrons. The lowest BCUT2D eigenvalue weighted by molar-refractivity contribution is 0.00853. The molecule has 0 N–H and O–H groups in total. The van der Waals surface area contributed by atoms with Crippen LogP contribution in [-0.2, 0) is 21.8 Å². The summed E-state index contributed by atoms with van der Waals surface area (Å²) in [6.45, 7) is 1.05. The molecule has 0 aliphatic carbocycles. The van der Waals surface area contributed by atoms with Crippen molar-refractivity contribution in [2.24, 2.45) is 7.05 Å². The van der Waals surface area contributed by atoms with Crippen LogP contribution in [0.15, 0.2) is 9.63 Å². The van der Waals surface area contributed by atoms with Crippen LogP contribution >= 0.6 is 15.9 Å². The molecule has 1 aliphatic heterocycles. The second kappa shape index (κ2) is 5.86. The first-order valence-corrected chi connectivity index (χ1v) is 8.29. The fourth-order valence-electron chi connectivity index (χ4n) is 2.08. The van der Waals surface area contributed by atoms with Crippen molar-refractivity contribution in [3.8, 4) is 0 Å². The maximum absolute atomic E-state index is 12.4. The number of nitrogens with zero attached hydrogens (tertiary/aromatic N) is 4. The highest BCUT2D eigenvalue weighted by Gasteiger charge is 2.30. The van der Waals surface area contributed by atoms with Gasteiger partial charge in [-0.15, -0.1) is 5.10 Å². The standard InChI is InChI=1S/C10H17BrN4O3S/c1-14(7-8-5-3-4-6-18-8)19(16,17)10-9(11)12-13-15(10)2/h8H,3-7H2,1-2H3. The Morgan fingerprint density at radius 1 is 1.53 bits per heavy atom. The van der Waals surface area contributed by atoms with Gasteiger partial charge in [0, 0.05) is 27.2 Å². The van der Waals surface area contributed by atoms with Crippen LogP contribution < -0.4 is 0 Å². The van der Waals surface area contributed by atoms with Crippen LogP contribution in [0.1, 0.15) is 19.3 Å². The first kappa shape index (κ1) is 14.9. The van der Waals surface area contributed by atoms with E-state index in [9.17, 15) is 8.42 Å². The largest absolute Gasteiger partial charge is 0.377 e. The quantitative estimate of drug-likeness (QED) is 0.799. The first-order chi connectivity index (χ1) is 8.93. The molecular formula is C10H17BrN4O3S. The van der Waals surface area contributed by atoms with Gasteiger partial charge in [0.2, 0.25) is 5.03 Å². The molecule has 9 heteroatoms. The summed E-state index contributed by atoms with van der Waals surface area (Å²) in [5.74, 6) is 0. The van der Waals surface area contributed by atoms with E-state index in [4.69, 9.17) is 4.74 Å². The number of sulfonamides is 1. The normalized spacial score (nSPS) is 20.9. The van der Waals surface area contributed by atoms with Gasteiger partial charge in [-0.05, 0) is 35.2 Å². The molecule has 19 heavy (non-hydrogen) atoms. The molecule has 0 bridgehead atoms. The fraction of sp³-hybridized carbons (Fsp3) is 0.800. The van der Waals surface area contributed by atoms with Crippen molar-refractivity contribution in [3.05, 3.63) is 4.60 Å². The zero-order valence-corrected chi connectivity index (χ0v) is 13.3. The molecule has 1 unspecified atom stereocenters. The van der Waals surface area contributed by atoms with E-state index in [1.165, 1.54) is 8.99 Å². The maximum atomic E-state index is 12.4.